The molecule has 0 aliphatic carbocycles. The standard InChI is InChI=1S/C20H29N3O5/c1-13-14(2)23(19(25)28-20(3,4)5)9-8-22(13)18(24)21-11-15-6-7-16-17(10-15)27-12-26-16/h6-7,10,13-14H,8-9,11-12H2,1-5H3,(H,21,24)/t13-,14+/m1/s1. The first-order valence-corrected chi connectivity index (χ1v) is 9.58. The summed E-state index contributed by atoms with van der Waals surface area (Å²) in [5, 5.41) is 2.95. The lowest BCUT2D eigenvalue weighted by molar-refractivity contribution is -0.00545. The van der Waals surface area contributed by atoms with Gasteiger partial charge in [0.2, 0.25) is 6.79 Å². The Hall–Kier alpha value is -2.64. The Morgan fingerprint density at radius 3 is 2.46 bits per heavy atom. The molecule has 8 nitrogen and oxygen atoms in total. The van der Waals surface area contributed by atoms with E-state index in [0.29, 0.717) is 25.4 Å². The van der Waals surface area contributed by atoms with Gasteiger partial charge in [-0.2, -0.15) is 0 Å². The number of carbonyl (C=O) groups is 2. The van der Waals surface area contributed by atoms with Crippen LogP contribution in [0.4, 0.5) is 9.59 Å². The van der Waals surface area contributed by atoms with E-state index in [1.165, 1.54) is 0 Å². The van der Waals surface area contributed by atoms with Gasteiger partial charge in [0.05, 0.1) is 12.1 Å². The number of ether oxygens (including phenoxy) is 3. The first-order chi connectivity index (χ1) is 13.2. The van der Waals surface area contributed by atoms with E-state index < -0.39 is 5.60 Å². The molecule has 0 unspecified atom stereocenters. The Labute approximate surface area is 165 Å². The molecule has 1 aromatic carbocycles. The number of carbonyl (C=O) groups excluding carboxylic acids is 2. The number of nitrogens with zero attached hydrogens (tertiary/aromatic N) is 2. The second-order valence-corrected chi connectivity index (χ2v) is 8.19. The molecule has 8 heteroatoms. The predicted molar refractivity (Wildman–Crippen MR) is 103 cm³/mol. The number of fused-ring (bicyclic) bond motifs is 1. The maximum absolute atomic E-state index is 12.7. The summed E-state index contributed by atoms with van der Waals surface area (Å²) in [5.74, 6) is 1.41. The third kappa shape index (κ3) is 4.43. The van der Waals surface area contributed by atoms with Gasteiger partial charge in [-0.3, -0.25) is 0 Å². The first kappa shape index (κ1) is 20.1. The van der Waals surface area contributed by atoms with Crippen LogP contribution in [-0.2, 0) is 11.3 Å². The third-order valence-electron chi connectivity index (χ3n) is 5.03. The summed E-state index contributed by atoms with van der Waals surface area (Å²) in [7, 11) is 0. The number of benzene rings is 1. The van der Waals surface area contributed by atoms with Crippen LogP contribution < -0.4 is 14.8 Å². The Morgan fingerprint density at radius 2 is 1.75 bits per heavy atom. The predicted octanol–water partition coefficient (Wildman–Crippen LogP) is 2.95. The van der Waals surface area contributed by atoms with Crippen molar-refractivity contribution in [3.8, 4) is 11.5 Å². The molecular formula is C20H29N3O5. The number of piperazine rings is 1. The number of hydrogen-bond donors (Lipinski definition) is 1. The topological polar surface area (TPSA) is 80.3 Å². The van der Waals surface area contributed by atoms with Crippen molar-refractivity contribution in [1.82, 2.24) is 15.1 Å². The summed E-state index contributed by atoms with van der Waals surface area (Å²) < 4.78 is 16.1. The van der Waals surface area contributed by atoms with Gasteiger partial charge in [-0.1, -0.05) is 6.07 Å². The van der Waals surface area contributed by atoms with E-state index in [2.05, 4.69) is 5.32 Å². The monoisotopic (exact) mass is 391 g/mol. The van der Waals surface area contributed by atoms with Crippen molar-refractivity contribution in [2.45, 2.75) is 58.8 Å². The van der Waals surface area contributed by atoms with Gasteiger partial charge < -0.3 is 29.3 Å². The Morgan fingerprint density at radius 1 is 1.11 bits per heavy atom. The normalized spacial score (nSPS) is 21.5. The zero-order valence-electron chi connectivity index (χ0n) is 17.2. The van der Waals surface area contributed by atoms with E-state index in [9.17, 15) is 9.59 Å². The van der Waals surface area contributed by atoms with Crippen LogP contribution in [0, 0.1) is 0 Å². The van der Waals surface area contributed by atoms with Gasteiger partial charge in [-0.05, 0) is 52.3 Å². The molecule has 1 saturated heterocycles. The minimum absolute atomic E-state index is 0.127. The van der Waals surface area contributed by atoms with E-state index in [1.807, 2.05) is 52.8 Å². The molecular weight excluding hydrogens is 362 g/mol. The van der Waals surface area contributed by atoms with Gasteiger partial charge in [-0.15, -0.1) is 0 Å². The van der Waals surface area contributed by atoms with Gasteiger partial charge in [0.15, 0.2) is 11.5 Å². The molecule has 0 saturated carbocycles. The zero-order chi connectivity index (χ0) is 20.5. The minimum atomic E-state index is -0.542. The Kier molecular flexibility index (Phi) is 5.58. The van der Waals surface area contributed by atoms with Gasteiger partial charge in [0.1, 0.15) is 5.60 Å². The van der Waals surface area contributed by atoms with Crippen LogP contribution in [0.25, 0.3) is 0 Å². The van der Waals surface area contributed by atoms with E-state index in [0.717, 1.165) is 11.3 Å². The minimum Gasteiger partial charge on any atom is -0.454 e. The van der Waals surface area contributed by atoms with Crippen LogP contribution in [0.15, 0.2) is 18.2 Å². The highest BCUT2D eigenvalue weighted by Gasteiger charge is 2.37. The van der Waals surface area contributed by atoms with E-state index in [1.54, 1.807) is 9.80 Å². The zero-order valence-corrected chi connectivity index (χ0v) is 17.2. The number of amides is 3. The highest BCUT2D eigenvalue weighted by atomic mass is 16.7. The summed E-state index contributed by atoms with van der Waals surface area (Å²) in [4.78, 5) is 28.6. The molecule has 2 aliphatic heterocycles. The second-order valence-electron chi connectivity index (χ2n) is 8.19. The van der Waals surface area contributed by atoms with Crippen molar-refractivity contribution in [2.75, 3.05) is 19.9 Å². The molecule has 28 heavy (non-hydrogen) atoms. The van der Waals surface area contributed by atoms with Crippen molar-refractivity contribution in [1.29, 1.82) is 0 Å². The summed E-state index contributed by atoms with van der Waals surface area (Å²) in [5.41, 5.74) is 0.393. The van der Waals surface area contributed by atoms with Crippen LogP contribution in [0.2, 0.25) is 0 Å². The molecule has 3 rings (SSSR count). The first-order valence-electron chi connectivity index (χ1n) is 9.58. The quantitative estimate of drug-likeness (QED) is 0.838. The molecule has 2 heterocycles. The number of nitrogens with one attached hydrogen (secondary N) is 1. The van der Waals surface area contributed by atoms with Crippen molar-refractivity contribution >= 4 is 12.1 Å². The van der Waals surface area contributed by atoms with Crippen LogP contribution >= 0.6 is 0 Å². The van der Waals surface area contributed by atoms with Crippen molar-refractivity contribution in [3.05, 3.63) is 23.8 Å². The van der Waals surface area contributed by atoms with Crippen LogP contribution in [0.5, 0.6) is 11.5 Å². The summed E-state index contributed by atoms with van der Waals surface area (Å²) in [6.07, 6.45) is -0.340. The van der Waals surface area contributed by atoms with E-state index in [-0.39, 0.29) is 31.0 Å². The van der Waals surface area contributed by atoms with Crippen molar-refractivity contribution in [2.24, 2.45) is 0 Å². The number of rotatable bonds is 2. The Balaban J connectivity index is 1.56. The molecule has 1 aromatic rings. The fraction of sp³-hybridized carbons (Fsp3) is 0.600. The average Bonchev–Trinajstić information content (AvgIpc) is 3.08. The third-order valence-corrected chi connectivity index (χ3v) is 5.03. The lowest BCUT2D eigenvalue weighted by Gasteiger charge is -2.44. The lowest BCUT2D eigenvalue weighted by atomic mass is 10.1. The highest BCUT2D eigenvalue weighted by molar-refractivity contribution is 5.75. The second kappa shape index (κ2) is 7.77. The van der Waals surface area contributed by atoms with Crippen molar-refractivity contribution in [3.63, 3.8) is 0 Å². The van der Waals surface area contributed by atoms with Crippen molar-refractivity contribution < 1.29 is 23.8 Å². The summed E-state index contributed by atoms with van der Waals surface area (Å²) in [6, 6.07) is 5.20. The maximum Gasteiger partial charge on any atom is 0.410 e. The fourth-order valence-electron chi connectivity index (χ4n) is 3.34. The largest absolute Gasteiger partial charge is 0.454 e. The van der Waals surface area contributed by atoms with Crippen LogP contribution in [-0.4, -0.2) is 59.5 Å². The highest BCUT2D eigenvalue weighted by Crippen LogP contribution is 2.32. The van der Waals surface area contributed by atoms with E-state index >= 15 is 0 Å². The molecule has 3 amide bonds. The maximum atomic E-state index is 12.7. The fourth-order valence-corrected chi connectivity index (χ4v) is 3.34. The molecule has 0 spiro atoms. The molecule has 0 aromatic heterocycles. The van der Waals surface area contributed by atoms with Gasteiger partial charge in [0.25, 0.3) is 0 Å². The molecule has 0 bridgehead atoms. The van der Waals surface area contributed by atoms with Gasteiger partial charge in [-0.25, -0.2) is 9.59 Å². The molecule has 0 radical (unpaired) electrons. The lowest BCUT2D eigenvalue weighted by Crippen LogP contribution is -2.62. The van der Waals surface area contributed by atoms with Gasteiger partial charge in [0, 0.05) is 19.6 Å². The number of urea groups is 1. The van der Waals surface area contributed by atoms with Crippen LogP contribution in [0.1, 0.15) is 40.2 Å². The van der Waals surface area contributed by atoms with Gasteiger partial charge >= 0.3 is 12.1 Å². The molecule has 154 valence electrons. The molecule has 1 fully saturated rings. The van der Waals surface area contributed by atoms with Crippen LogP contribution in [0.3, 0.4) is 0 Å². The molecule has 2 atom stereocenters. The molecule has 2 aliphatic rings. The number of hydrogen-bond acceptors (Lipinski definition) is 5. The summed E-state index contributed by atoms with van der Waals surface area (Å²) in [6.45, 7) is 10.9. The Bertz CT molecular complexity index is 746. The smallest absolute Gasteiger partial charge is 0.410 e. The summed E-state index contributed by atoms with van der Waals surface area (Å²) >= 11 is 0. The average molecular weight is 391 g/mol. The molecule has 1 N–H and O–H groups in total. The van der Waals surface area contributed by atoms with E-state index in [4.69, 9.17) is 14.2 Å². The SMILES string of the molecule is C[C@@H]1[C@H](C)N(C(=O)OC(C)(C)C)CCN1C(=O)NCc1ccc2c(c1)OCO2.